The second kappa shape index (κ2) is 12.6. The predicted octanol–water partition coefficient (Wildman–Crippen LogP) is 5.10. The summed E-state index contributed by atoms with van der Waals surface area (Å²) in [6.45, 7) is 8.75. The number of piperidine rings is 1. The summed E-state index contributed by atoms with van der Waals surface area (Å²) in [7, 11) is 4.12. The maximum atomic E-state index is 14.9. The van der Waals surface area contributed by atoms with Crippen LogP contribution in [-0.4, -0.2) is 83.9 Å². The zero-order valence-corrected chi connectivity index (χ0v) is 24.1. The van der Waals surface area contributed by atoms with Gasteiger partial charge in [-0.15, -0.1) is 0 Å². The highest BCUT2D eigenvalue weighted by molar-refractivity contribution is 5.99. The first-order chi connectivity index (χ1) is 18.6. The molecule has 39 heavy (non-hydrogen) atoms. The Morgan fingerprint density at radius 1 is 1.00 bits per heavy atom. The van der Waals surface area contributed by atoms with Crippen LogP contribution < -0.4 is 0 Å². The van der Waals surface area contributed by atoms with Crippen molar-refractivity contribution >= 4 is 11.7 Å². The lowest BCUT2D eigenvalue weighted by molar-refractivity contribution is -0.141. The fourth-order valence-electron chi connectivity index (χ4n) is 6.68. The molecule has 0 radical (unpaired) electrons. The highest BCUT2D eigenvalue weighted by Gasteiger charge is 2.48. The molecule has 0 spiro atoms. The number of Topliss-reactive ketones (excluding diaryl/α,β-unsaturated/α-hetero) is 1. The smallest absolute Gasteiger partial charge is 0.228 e. The molecule has 2 aliphatic heterocycles. The highest BCUT2D eigenvalue weighted by atomic mass is 19.1. The van der Waals surface area contributed by atoms with E-state index in [0.717, 1.165) is 44.3 Å². The lowest BCUT2D eigenvalue weighted by atomic mass is 9.69. The Kier molecular flexibility index (Phi) is 9.44. The summed E-state index contributed by atoms with van der Waals surface area (Å²) in [5.41, 5.74) is 1.65. The average molecular weight is 538 g/mol. The summed E-state index contributed by atoms with van der Waals surface area (Å²) in [6, 6.07) is 11.7. The molecule has 6 nitrogen and oxygen atoms in total. The number of benzene rings is 2. The van der Waals surface area contributed by atoms with Crippen LogP contribution in [-0.2, 0) is 4.79 Å². The molecule has 1 N–H and O–H groups in total. The minimum Gasteiger partial charge on any atom is -0.508 e. The van der Waals surface area contributed by atoms with Gasteiger partial charge in [-0.05, 0) is 103 Å². The monoisotopic (exact) mass is 537 g/mol. The van der Waals surface area contributed by atoms with Crippen LogP contribution in [0.3, 0.4) is 0 Å². The molecule has 2 aliphatic rings. The van der Waals surface area contributed by atoms with E-state index in [0.29, 0.717) is 24.2 Å². The zero-order valence-electron chi connectivity index (χ0n) is 24.1. The number of phenolic OH excluding ortho intramolecular Hbond substituents is 1. The molecule has 7 heteroatoms. The van der Waals surface area contributed by atoms with Crippen molar-refractivity contribution in [2.75, 3.05) is 40.3 Å². The van der Waals surface area contributed by atoms with Crippen LogP contribution in [0.2, 0.25) is 0 Å². The van der Waals surface area contributed by atoms with E-state index in [2.05, 4.69) is 37.7 Å². The van der Waals surface area contributed by atoms with Gasteiger partial charge in [0.15, 0.2) is 5.78 Å². The van der Waals surface area contributed by atoms with Gasteiger partial charge in [0.1, 0.15) is 11.6 Å². The van der Waals surface area contributed by atoms with Gasteiger partial charge in [-0.3, -0.25) is 9.59 Å². The van der Waals surface area contributed by atoms with E-state index in [9.17, 15) is 19.1 Å². The van der Waals surface area contributed by atoms with Gasteiger partial charge in [0.05, 0.1) is 5.92 Å². The van der Waals surface area contributed by atoms with E-state index in [1.54, 1.807) is 31.2 Å². The number of unbranched alkanes of at least 4 members (excludes halogenated alkanes) is 1. The maximum absolute atomic E-state index is 14.9. The number of aromatic hydroxyl groups is 1. The maximum Gasteiger partial charge on any atom is 0.228 e. The third-order valence-electron chi connectivity index (χ3n) is 8.77. The van der Waals surface area contributed by atoms with Gasteiger partial charge in [-0.25, -0.2) is 4.39 Å². The molecular weight excluding hydrogens is 493 g/mol. The zero-order chi connectivity index (χ0) is 28.3. The number of amides is 1. The molecule has 2 aromatic carbocycles. The summed E-state index contributed by atoms with van der Waals surface area (Å²) >= 11 is 0. The molecule has 2 fully saturated rings. The molecule has 2 aromatic rings. The number of carbonyl (C=O) groups excluding carboxylic acids is 2. The SMILES string of the molecule is Cc1c(F)cccc1[C@@H]1C(C(=O)c2cccc(O)c2)CN(CCCCN(C)C)C[C@H]1C(=O)N1C(C)CC[C@H]1C. The number of nitrogens with zero attached hydrogens (tertiary/aromatic N) is 3. The second-order valence-corrected chi connectivity index (χ2v) is 11.9. The Morgan fingerprint density at radius 3 is 2.33 bits per heavy atom. The first-order valence-corrected chi connectivity index (χ1v) is 14.4. The van der Waals surface area contributed by atoms with Crippen molar-refractivity contribution in [3.05, 3.63) is 65.0 Å². The standard InChI is InChI=1S/C32H44FN3O3/c1-21-14-15-22(2)36(21)32(39)28-20-35(17-7-6-16-34(4)5)19-27(31(38)24-10-8-11-25(37)18-24)30(28)26-12-9-13-29(33)23(26)3/h8-13,18,21-22,27-28,30,37H,6-7,14-17,19-20H2,1-5H3/t21-,22?,27?,28-,30-/m1/s1. The van der Waals surface area contributed by atoms with Crippen LogP contribution in [0.25, 0.3) is 0 Å². The minimum atomic E-state index is -0.544. The van der Waals surface area contributed by atoms with Gasteiger partial charge >= 0.3 is 0 Å². The van der Waals surface area contributed by atoms with Gasteiger partial charge in [0, 0.05) is 42.6 Å². The fraction of sp³-hybridized carbons (Fsp3) is 0.562. The number of likely N-dealkylation sites (tertiary alicyclic amines) is 2. The number of phenols is 1. The summed E-state index contributed by atoms with van der Waals surface area (Å²) < 4.78 is 14.9. The van der Waals surface area contributed by atoms with E-state index < -0.39 is 17.8 Å². The largest absolute Gasteiger partial charge is 0.508 e. The molecule has 212 valence electrons. The Hall–Kier alpha value is -2.77. The van der Waals surface area contributed by atoms with Gasteiger partial charge in [0.25, 0.3) is 0 Å². The van der Waals surface area contributed by atoms with E-state index in [1.807, 2.05) is 11.0 Å². The van der Waals surface area contributed by atoms with Crippen molar-refractivity contribution in [3.63, 3.8) is 0 Å². The molecule has 1 amide bonds. The van der Waals surface area contributed by atoms with Crippen LogP contribution in [0.4, 0.5) is 4.39 Å². The van der Waals surface area contributed by atoms with Gasteiger partial charge in [-0.1, -0.05) is 24.3 Å². The number of ketones is 1. The van der Waals surface area contributed by atoms with E-state index in [1.165, 1.54) is 12.1 Å². The van der Waals surface area contributed by atoms with E-state index >= 15 is 0 Å². The topological polar surface area (TPSA) is 64.1 Å². The lowest BCUT2D eigenvalue weighted by Crippen LogP contribution is -2.55. The van der Waals surface area contributed by atoms with Crippen molar-refractivity contribution in [1.29, 1.82) is 0 Å². The highest BCUT2D eigenvalue weighted by Crippen LogP contribution is 2.43. The number of halogens is 1. The van der Waals surface area contributed by atoms with Crippen molar-refractivity contribution in [2.45, 2.75) is 64.5 Å². The van der Waals surface area contributed by atoms with Crippen molar-refractivity contribution in [3.8, 4) is 5.75 Å². The van der Waals surface area contributed by atoms with Gasteiger partial charge in [0.2, 0.25) is 5.91 Å². The Morgan fingerprint density at radius 2 is 1.67 bits per heavy atom. The van der Waals surface area contributed by atoms with E-state index in [-0.39, 0.29) is 35.3 Å². The summed E-state index contributed by atoms with van der Waals surface area (Å²) in [4.78, 5) is 35.0. The molecule has 0 bridgehead atoms. The van der Waals surface area contributed by atoms with Crippen molar-refractivity contribution in [2.24, 2.45) is 11.8 Å². The third kappa shape index (κ3) is 6.52. The quantitative estimate of drug-likeness (QED) is 0.356. The molecule has 4 rings (SSSR count). The Balaban J connectivity index is 1.77. The summed E-state index contributed by atoms with van der Waals surface area (Å²) in [6.07, 6.45) is 3.92. The molecule has 5 atom stereocenters. The molecule has 2 heterocycles. The van der Waals surface area contributed by atoms with Crippen molar-refractivity contribution in [1.82, 2.24) is 14.7 Å². The normalized spacial score (nSPS) is 25.8. The molecule has 0 aromatic heterocycles. The van der Waals surface area contributed by atoms with Crippen molar-refractivity contribution < 1.29 is 19.1 Å². The molecule has 2 unspecified atom stereocenters. The van der Waals surface area contributed by atoms with E-state index in [4.69, 9.17) is 0 Å². The Labute approximate surface area is 232 Å². The predicted molar refractivity (Wildman–Crippen MR) is 153 cm³/mol. The van der Waals surface area contributed by atoms with Crippen LogP contribution >= 0.6 is 0 Å². The fourth-order valence-corrected chi connectivity index (χ4v) is 6.68. The summed E-state index contributed by atoms with van der Waals surface area (Å²) in [5, 5.41) is 10.1. The number of hydrogen-bond acceptors (Lipinski definition) is 5. The van der Waals surface area contributed by atoms with Gasteiger partial charge < -0.3 is 19.8 Å². The number of rotatable bonds is 9. The summed E-state index contributed by atoms with van der Waals surface area (Å²) in [5.74, 6) is -1.81. The average Bonchev–Trinajstić information content (AvgIpc) is 3.24. The van der Waals surface area contributed by atoms with Crippen LogP contribution in [0.5, 0.6) is 5.75 Å². The molecule has 0 aliphatic carbocycles. The van der Waals surface area contributed by atoms with Crippen LogP contribution in [0.1, 0.15) is 66.9 Å². The third-order valence-corrected chi connectivity index (χ3v) is 8.77. The lowest BCUT2D eigenvalue weighted by Gasteiger charge is -2.45. The van der Waals surface area contributed by atoms with Gasteiger partial charge in [-0.2, -0.15) is 0 Å². The Bertz CT molecular complexity index is 1160. The molecular formula is C32H44FN3O3. The van der Waals surface area contributed by atoms with Crippen LogP contribution in [0, 0.1) is 24.6 Å². The minimum absolute atomic E-state index is 0.0306. The first-order valence-electron chi connectivity index (χ1n) is 14.4. The first kappa shape index (κ1) is 29.2. The van der Waals surface area contributed by atoms with Crippen LogP contribution in [0.15, 0.2) is 42.5 Å². The second-order valence-electron chi connectivity index (χ2n) is 11.9. The molecule has 2 saturated heterocycles. The number of hydrogen-bond donors (Lipinski definition) is 1. The number of carbonyl (C=O) groups is 2. The molecule has 0 saturated carbocycles.